The Morgan fingerprint density at radius 1 is 0.971 bits per heavy atom. The van der Waals surface area contributed by atoms with Crippen molar-refractivity contribution in [3.05, 3.63) is 71.8 Å². The Hall–Kier alpha value is -3.22. The number of ether oxygens (including phenoxy) is 2. The SMILES string of the molecule is CC(C)(C)c1cccc(NC(=O)C(=O)c2ccc(OCCN3CCOCC3)c3ccccc23)c1. The Labute approximate surface area is 200 Å². The van der Waals surface area contributed by atoms with Gasteiger partial charge in [0.25, 0.3) is 11.7 Å². The molecule has 0 aromatic heterocycles. The van der Waals surface area contributed by atoms with E-state index in [-0.39, 0.29) is 5.41 Å². The van der Waals surface area contributed by atoms with Gasteiger partial charge in [-0.05, 0) is 40.6 Å². The Balaban J connectivity index is 1.49. The fraction of sp³-hybridized carbons (Fsp3) is 0.357. The first-order valence-corrected chi connectivity index (χ1v) is 11.7. The van der Waals surface area contributed by atoms with Gasteiger partial charge < -0.3 is 14.8 Å². The van der Waals surface area contributed by atoms with Gasteiger partial charge in [0, 0.05) is 36.3 Å². The van der Waals surface area contributed by atoms with Crippen molar-refractivity contribution in [1.29, 1.82) is 0 Å². The molecule has 0 spiro atoms. The highest BCUT2D eigenvalue weighted by Crippen LogP contribution is 2.29. The van der Waals surface area contributed by atoms with Crippen LogP contribution in [0.15, 0.2) is 60.7 Å². The molecule has 0 bridgehead atoms. The molecule has 34 heavy (non-hydrogen) atoms. The number of Topliss-reactive ketones (excluding diaryl/α,β-unsaturated/α-hetero) is 1. The van der Waals surface area contributed by atoms with Gasteiger partial charge in [-0.1, -0.05) is 57.2 Å². The van der Waals surface area contributed by atoms with Gasteiger partial charge in [-0.3, -0.25) is 14.5 Å². The first kappa shape index (κ1) is 23.9. The van der Waals surface area contributed by atoms with Crippen LogP contribution in [0.3, 0.4) is 0 Å². The van der Waals surface area contributed by atoms with E-state index >= 15 is 0 Å². The quantitative estimate of drug-likeness (QED) is 0.410. The second-order valence-electron chi connectivity index (χ2n) is 9.57. The van der Waals surface area contributed by atoms with Crippen molar-refractivity contribution in [2.75, 3.05) is 44.8 Å². The molecule has 0 radical (unpaired) electrons. The maximum absolute atomic E-state index is 13.1. The third-order valence-corrected chi connectivity index (χ3v) is 6.09. The summed E-state index contributed by atoms with van der Waals surface area (Å²) in [6, 6.07) is 18.6. The number of carbonyl (C=O) groups is 2. The molecule has 178 valence electrons. The molecule has 0 unspecified atom stereocenters. The van der Waals surface area contributed by atoms with Crippen molar-refractivity contribution in [2.45, 2.75) is 26.2 Å². The molecule has 3 aromatic carbocycles. The number of ketones is 1. The summed E-state index contributed by atoms with van der Waals surface area (Å²) in [7, 11) is 0. The molecule has 1 aliphatic heterocycles. The molecule has 1 heterocycles. The van der Waals surface area contributed by atoms with Crippen LogP contribution in [0, 0.1) is 0 Å². The second kappa shape index (κ2) is 10.4. The number of nitrogens with one attached hydrogen (secondary N) is 1. The molecule has 6 nitrogen and oxygen atoms in total. The molecule has 4 rings (SSSR count). The van der Waals surface area contributed by atoms with Crippen molar-refractivity contribution in [1.82, 2.24) is 4.90 Å². The Kier molecular flexibility index (Phi) is 7.29. The van der Waals surface area contributed by atoms with E-state index in [9.17, 15) is 9.59 Å². The van der Waals surface area contributed by atoms with Gasteiger partial charge in [0.1, 0.15) is 12.4 Å². The van der Waals surface area contributed by atoms with Crippen molar-refractivity contribution >= 4 is 28.2 Å². The number of nitrogens with zero attached hydrogens (tertiary/aromatic N) is 1. The summed E-state index contributed by atoms with van der Waals surface area (Å²) >= 11 is 0. The lowest BCUT2D eigenvalue weighted by atomic mass is 9.87. The van der Waals surface area contributed by atoms with Crippen molar-refractivity contribution in [2.24, 2.45) is 0 Å². The molecule has 0 atom stereocenters. The van der Waals surface area contributed by atoms with E-state index in [2.05, 4.69) is 31.0 Å². The molecule has 1 saturated heterocycles. The molecule has 1 aliphatic rings. The average molecular weight is 461 g/mol. The zero-order valence-corrected chi connectivity index (χ0v) is 20.1. The molecule has 3 aromatic rings. The van der Waals surface area contributed by atoms with Gasteiger partial charge in [-0.25, -0.2) is 0 Å². The van der Waals surface area contributed by atoms with Crippen LogP contribution in [-0.4, -0.2) is 56.0 Å². The highest BCUT2D eigenvalue weighted by Gasteiger charge is 2.21. The summed E-state index contributed by atoms with van der Waals surface area (Å²) in [4.78, 5) is 28.3. The predicted molar refractivity (Wildman–Crippen MR) is 135 cm³/mol. The van der Waals surface area contributed by atoms with E-state index in [1.165, 1.54) is 0 Å². The number of anilines is 1. The number of hydrogen-bond acceptors (Lipinski definition) is 5. The first-order chi connectivity index (χ1) is 16.3. The molecule has 6 heteroatoms. The maximum atomic E-state index is 13.1. The van der Waals surface area contributed by atoms with E-state index in [1.807, 2.05) is 42.5 Å². The topological polar surface area (TPSA) is 67.9 Å². The minimum Gasteiger partial charge on any atom is -0.492 e. The number of morpholine rings is 1. The van der Waals surface area contributed by atoms with Crippen LogP contribution in [0.5, 0.6) is 5.75 Å². The van der Waals surface area contributed by atoms with Crippen molar-refractivity contribution < 1.29 is 19.1 Å². The molecule has 1 fully saturated rings. The minimum absolute atomic E-state index is 0.0570. The summed E-state index contributed by atoms with van der Waals surface area (Å²) in [5.41, 5.74) is 2.00. The van der Waals surface area contributed by atoms with Crippen LogP contribution in [-0.2, 0) is 14.9 Å². The first-order valence-electron chi connectivity index (χ1n) is 11.7. The van der Waals surface area contributed by atoms with Crippen LogP contribution in [0.4, 0.5) is 5.69 Å². The summed E-state index contributed by atoms with van der Waals surface area (Å²) in [5, 5.41) is 4.29. The summed E-state index contributed by atoms with van der Waals surface area (Å²) in [6.45, 7) is 11.0. The number of rotatable bonds is 7. The lowest BCUT2D eigenvalue weighted by Crippen LogP contribution is -2.38. The van der Waals surface area contributed by atoms with Gasteiger partial charge in [0.05, 0.1) is 13.2 Å². The third-order valence-electron chi connectivity index (χ3n) is 6.09. The van der Waals surface area contributed by atoms with Crippen LogP contribution in [0.1, 0.15) is 36.7 Å². The maximum Gasteiger partial charge on any atom is 0.296 e. The van der Waals surface area contributed by atoms with Gasteiger partial charge in [-0.2, -0.15) is 0 Å². The van der Waals surface area contributed by atoms with Crippen LogP contribution >= 0.6 is 0 Å². The number of amides is 1. The van der Waals surface area contributed by atoms with E-state index in [4.69, 9.17) is 9.47 Å². The van der Waals surface area contributed by atoms with Crippen LogP contribution < -0.4 is 10.1 Å². The monoisotopic (exact) mass is 460 g/mol. The Morgan fingerprint density at radius 3 is 2.44 bits per heavy atom. The zero-order valence-electron chi connectivity index (χ0n) is 20.1. The Morgan fingerprint density at radius 2 is 1.71 bits per heavy atom. The Bertz CT molecular complexity index is 1180. The number of benzene rings is 3. The number of carbonyl (C=O) groups excluding carboxylic acids is 2. The average Bonchev–Trinajstić information content (AvgIpc) is 2.84. The predicted octanol–water partition coefficient (Wildman–Crippen LogP) is 4.67. The van der Waals surface area contributed by atoms with E-state index in [0.717, 1.165) is 43.8 Å². The van der Waals surface area contributed by atoms with Gasteiger partial charge in [0.15, 0.2) is 0 Å². The molecule has 0 aliphatic carbocycles. The van der Waals surface area contributed by atoms with Crippen molar-refractivity contribution in [3.8, 4) is 5.75 Å². The molecule has 1 amide bonds. The normalized spacial score (nSPS) is 14.7. The van der Waals surface area contributed by atoms with E-state index < -0.39 is 11.7 Å². The summed E-state index contributed by atoms with van der Waals surface area (Å²) < 4.78 is 11.5. The molecule has 1 N–H and O–H groups in total. The van der Waals surface area contributed by atoms with Crippen molar-refractivity contribution in [3.63, 3.8) is 0 Å². The van der Waals surface area contributed by atoms with Gasteiger partial charge in [-0.15, -0.1) is 0 Å². The van der Waals surface area contributed by atoms with E-state index in [0.29, 0.717) is 29.0 Å². The van der Waals surface area contributed by atoms with Crippen LogP contribution in [0.2, 0.25) is 0 Å². The largest absolute Gasteiger partial charge is 0.492 e. The zero-order chi connectivity index (χ0) is 24.1. The van der Waals surface area contributed by atoms with E-state index in [1.54, 1.807) is 18.2 Å². The fourth-order valence-corrected chi connectivity index (χ4v) is 4.08. The summed E-state index contributed by atoms with van der Waals surface area (Å²) in [5.74, 6) is -0.520. The minimum atomic E-state index is -0.655. The molecular formula is C28H32N2O4. The summed E-state index contributed by atoms with van der Waals surface area (Å²) in [6.07, 6.45) is 0. The van der Waals surface area contributed by atoms with Gasteiger partial charge in [0.2, 0.25) is 0 Å². The fourth-order valence-electron chi connectivity index (χ4n) is 4.08. The molecule has 0 saturated carbocycles. The van der Waals surface area contributed by atoms with Crippen LogP contribution in [0.25, 0.3) is 10.8 Å². The number of fused-ring (bicyclic) bond motifs is 1. The number of hydrogen-bond donors (Lipinski definition) is 1. The standard InChI is InChI=1S/C28H32N2O4/c1-28(2,3)20-7-6-8-21(19-20)29-27(32)26(31)24-11-12-25(23-10-5-4-9-22(23)24)34-18-15-30-13-16-33-17-14-30/h4-12,19H,13-18H2,1-3H3,(H,29,32). The lowest BCUT2D eigenvalue weighted by molar-refractivity contribution is -0.112. The second-order valence-corrected chi connectivity index (χ2v) is 9.57. The molecular weight excluding hydrogens is 428 g/mol. The lowest BCUT2D eigenvalue weighted by Gasteiger charge is -2.26. The van der Waals surface area contributed by atoms with Gasteiger partial charge >= 0.3 is 0 Å². The highest BCUT2D eigenvalue weighted by atomic mass is 16.5. The third kappa shape index (κ3) is 5.64. The highest BCUT2D eigenvalue weighted by molar-refractivity contribution is 6.48. The smallest absolute Gasteiger partial charge is 0.296 e.